The van der Waals surface area contributed by atoms with Crippen molar-refractivity contribution in [2.45, 2.75) is 13.2 Å². The highest BCUT2D eigenvalue weighted by molar-refractivity contribution is 7.98. The fraction of sp³-hybridized carbons (Fsp3) is 0.500. The molecule has 4 heteroatoms. The van der Waals surface area contributed by atoms with Crippen LogP contribution in [0.5, 0.6) is 0 Å². The minimum atomic E-state index is 0.0837. The molecule has 3 nitrogen and oxygen atoms in total. The van der Waals surface area contributed by atoms with E-state index in [-0.39, 0.29) is 6.61 Å². The molecule has 0 aromatic carbocycles. The lowest BCUT2D eigenvalue weighted by atomic mass is 10.2. The summed E-state index contributed by atoms with van der Waals surface area (Å²) in [6.07, 6.45) is 3.82. The second kappa shape index (κ2) is 6.81. The average Bonchev–Trinajstić information content (AvgIpc) is 2.25. The van der Waals surface area contributed by atoms with Crippen LogP contribution in [0.3, 0.4) is 0 Å². The van der Waals surface area contributed by atoms with Gasteiger partial charge in [-0.05, 0) is 24.0 Å². The van der Waals surface area contributed by atoms with Crippen molar-refractivity contribution in [1.82, 2.24) is 10.3 Å². The zero-order valence-electron chi connectivity index (χ0n) is 8.36. The number of nitrogens with zero attached hydrogens (tertiary/aromatic N) is 1. The zero-order chi connectivity index (χ0) is 10.2. The van der Waals surface area contributed by atoms with Crippen LogP contribution in [0.4, 0.5) is 0 Å². The van der Waals surface area contributed by atoms with Crippen LogP contribution in [0, 0.1) is 0 Å². The van der Waals surface area contributed by atoms with E-state index in [1.165, 1.54) is 0 Å². The third-order valence-electron chi connectivity index (χ3n) is 1.85. The van der Waals surface area contributed by atoms with E-state index >= 15 is 0 Å². The molecule has 0 saturated carbocycles. The number of thioether (sulfide) groups is 1. The molecule has 0 atom stereocenters. The molecule has 1 heterocycles. The summed E-state index contributed by atoms with van der Waals surface area (Å²) in [5.74, 6) is 1.11. The quantitative estimate of drug-likeness (QED) is 0.691. The summed E-state index contributed by atoms with van der Waals surface area (Å²) in [4.78, 5) is 4.20. The maximum absolute atomic E-state index is 8.92. The van der Waals surface area contributed by atoms with Crippen molar-refractivity contribution in [1.29, 1.82) is 0 Å². The highest BCUT2D eigenvalue weighted by Gasteiger charge is 1.95. The second-order valence-corrected chi connectivity index (χ2v) is 3.97. The van der Waals surface area contributed by atoms with E-state index in [0.29, 0.717) is 0 Å². The average molecular weight is 212 g/mol. The molecular formula is C10H16N2OS. The molecule has 1 rings (SSSR count). The number of aromatic nitrogens is 1. The highest BCUT2D eigenvalue weighted by Crippen LogP contribution is 2.01. The number of aliphatic hydroxyl groups is 1. The smallest absolute Gasteiger partial charge is 0.0683 e. The number of hydrogen-bond donors (Lipinski definition) is 2. The van der Waals surface area contributed by atoms with Gasteiger partial charge in [-0.15, -0.1) is 0 Å². The predicted molar refractivity (Wildman–Crippen MR) is 60.2 cm³/mol. The van der Waals surface area contributed by atoms with Gasteiger partial charge in [0.05, 0.1) is 12.3 Å². The topological polar surface area (TPSA) is 45.1 Å². The predicted octanol–water partition coefficient (Wildman–Crippen LogP) is 1.03. The van der Waals surface area contributed by atoms with Gasteiger partial charge in [0.2, 0.25) is 0 Å². The molecule has 1 aromatic rings. The molecule has 0 radical (unpaired) electrons. The molecule has 0 amide bonds. The third kappa shape index (κ3) is 4.09. The Morgan fingerprint density at radius 1 is 1.57 bits per heavy atom. The van der Waals surface area contributed by atoms with Gasteiger partial charge in [0.1, 0.15) is 0 Å². The first-order chi connectivity index (χ1) is 6.86. The summed E-state index contributed by atoms with van der Waals surface area (Å²) in [5, 5.41) is 12.2. The molecule has 0 aliphatic rings. The van der Waals surface area contributed by atoms with E-state index in [2.05, 4.69) is 16.6 Å². The minimum absolute atomic E-state index is 0.0837. The summed E-state index contributed by atoms with van der Waals surface area (Å²) in [6, 6.07) is 3.75. The molecule has 0 aliphatic heterocycles. The van der Waals surface area contributed by atoms with Gasteiger partial charge in [0.25, 0.3) is 0 Å². The Morgan fingerprint density at radius 2 is 2.43 bits per heavy atom. The highest BCUT2D eigenvalue weighted by atomic mass is 32.2. The van der Waals surface area contributed by atoms with Crippen molar-refractivity contribution in [3.05, 3.63) is 29.6 Å². The van der Waals surface area contributed by atoms with Crippen LogP contribution >= 0.6 is 11.8 Å². The molecular weight excluding hydrogens is 196 g/mol. The van der Waals surface area contributed by atoms with Crippen molar-refractivity contribution in [2.75, 3.05) is 18.6 Å². The Morgan fingerprint density at radius 3 is 3.14 bits per heavy atom. The van der Waals surface area contributed by atoms with Gasteiger partial charge >= 0.3 is 0 Å². The lowest BCUT2D eigenvalue weighted by molar-refractivity contribution is 0.281. The summed E-state index contributed by atoms with van der Waals surface area (Å²) >= 11 is 1.82. The first-order valence-electron chi connectivity index (χ1n) is 4.61. The SMILES string of the molecule is CSCCNCc1cc(CO)ccn1. The van der Waals surface area contributed by atoms with Gasteiger partial charge < -0.3 is 10.4 Å². The van der Waals surface area contributed by atoms with Crippen molar-refractivity contribution < 1.29 is 5.11 Å². The molecule has 0 spiro atoms. The van der Waals surface area contributed by atoms with E-state index in [9.17, 15) is 0 Å². The Kier molecular flexibility index (Phi) is 5.59. The summed E-state index contributed by atoms with van der Waals surface area (Å²) < 4.78 is 0. The normalized spacial score (nSPS) is 10.4. The lowest BCUT2D eigenvalue weighted by Crippen LogP contribution is -2.17. The van der Waals surface area contributed by atoms with Crippen molar-refractivity contribution in [2.24, 2.45) is 0 Å². The summed E-state index contributed by atoms with van der Waals surface area (Å²) in [7, 11) is 0. The third-order valence-corrected chi connectivity index (χ3v) is 2.47. The largest absolute Gasteiger partial charge is 0.392 e. The van der Waals surface area contributed by atoms with E-state index in [1.54, 1.807) is 6.20 Å². The van der Waals surface area contributed by atoms with Gasteiger partial charge in [0, 0.05) is 25.0 Å². The number of hydrogen-bond acceptors (Lipinski definition) is 4. The van der Waals surface area contributed by atoms with Gasteiger partial charge in [-0.25, -0.2) is 0 Å². The van der Waals surface area contributed by atoms with Crippen LogP contribution in [0.25, 0.3) is 0 Å². The molecule has 1 aromatic heterocycles. The number of aliphatic hydroxyl groups excluding tert-OH is 1. The van der Waals surface area contributed by atoms with Crippen LogP contribution in [0.15, 0.2) is 18.3 Å². The molecule has 0 saturated heterocycles. The van der Waals surface area contributed by atoms with E-state index in [1.807, 2.05) is 23.9 Å². The van der Waals surface area contributed by atoms with Crippen molar-refractivity contribution >= 4 is 11.8 Å². The zero-order valence-corrected chi connectivity index (χ0v) is 9.18. The summed E-state index contributed by atoms with van der Waals surface area (Å²) in [5.41, 5.74) is 1.90. The molecule has 0 fully saturated rings. The monoisotopic (exact) mass is 212 g/mol. The minimum Gasteiger partial charge on any atom is -0.392 e. The Hall–Kier alpha value is -0.580. The molecule has 0 unspecified atom stereocenters. The van der Waals surface area contributed by atoms with E-state index in [0.717, 1.165) is 30.1 Å². The lowest BCUT2D eigenvalue weighted by Gasteiger charge is -2.04. The van der Waals surface area contributed by atoms with Gasteiger partial charge in [-0.2, -0.15) is 11.8 Å². The van der Waals surface area contributed by atoms with Crippen LogP contribution in [-0.4, -0.2) is 28.6 Å². The van der Waals surface area contributed by atoms with Gasteiger partial charge in [0.15, 0.2) is 0 Å². The maximum atomic E-state index is 8.92. The Balaban J connectivity index is 2.34. The molecule has 78 valence electrons. The molecule has 0 bridgehead atoms. The molecule has 2 N–H and O–H groups in total. The van der Waals surface area contributed by atoms with Crippen LogP contribution in [0.1, 0.15) is 11.3 Å². The van der Waals surface area contributed by atoms with E-state index < -0.39 is 0 Å². The fourth-order valence-corrected chi connectivity index (χ4v) is 1.46. The Bertz CT molecular complexity index is 268. The molecule has 0 aliphatic carbocycles. The first-order valence-corrected chi connectivity index (χ1v) is 6.00. The van der Waals surface area contributed by atoms with Gasteiger partial charge in [-0.1, -0.05) is 0 Å². The number of rotatable bonds is 6. The second-order valence-electron chi connectivity index (χ2n) is 2.98. The number of pyridine rings is 1. The van der Waals surface area contributed by atoms with Crippen LogP contribution in [-0.2, 0) is 13.2 Å². The van der Waals surface area contributed by atoms with E-state index in [4.69, 9.17) is 5.11 Å². The van der Waals surface area contributed by atoms with Crippen LogP contribution < -0.4 is 5.32 Å². The van der Waals surface area contributed by atoms with Crippen molar-refractivity contribution in [3.8, 4) is 0 Å². The Labute approximate surface area is 88.9 Å². The number of nitrogens with one attached hydrogen (secondary N) is 1. The first kappa shape index (κ1) is 11.5. The van der Waals surface area contributed by atoms with Gasteiger partial charge in [-0.3, -0.25) is 4.98 Å². The molecule has 14 heavy (non-hydrogen) atoms. The van der Waals surface area contributed by atoms with Crippen molar-refractivity contribution in [3.63, 3.8) is 0 Å². The fourth-order valence-electron chi connectivity index (χ4n) is 1.11. The standard InChI is InChI=1S/C10H16N2OS/c1-14-5-4-11-7-10-6-9(8-13)2-3-12-10/h2-3,6,11,13H,4-5,7-8H2,1H3. The summed E-state index contributed by atoms with van der Waals surface area (Å²) in [6.45, 7) is 1.85. The van der Waals surface area contributed by atoms with Crippen LogP contribution in [0.2, 0.25) is 0 Å². The maximum Gasteiger partial charge on any atom is 0.0683 e.